The first-order valence-electron chi connectivity index (χ1n) is 10.0. The number of benzene rings is 2. The molecule has 8 heteroatoms. The van der Waals surface area contributed by atoms with Gasteiger partial charge in [-0.3, -0.25) is 4.79 Å². The van der Waals surface area contributed by atoms with Gasteiger partial charge in [0.05, 0.1) is 11.4 Å². The zero-order valence-electron chi connectivity index (χ0n) is 17.3. The molecule has 0 radical (unpaired) electrons. The standard InChI is InChI=1S/C22H27FN2O4S/c1-17-5-3-4-14-25(17)30(27,28)21-12-6-18(7-13-21)22(26)24(2)15-16-29-20-10-8-19(23)9-11-20/h6-13,17H,3-5,14-16H2,1-2H3. The fourth-order valence-electron chi connectivity index (χ4n) is 3.49. The van der Waals surface area contributed by atoms with Crippen molar-refractivity contribution in [1.29, 1.82) is 0 Å². The Balaban J connectivity index is 1.59. The molecule has 1 aliphatic heterocycles. The van der Waals surface area contributed by atoms with E-state index in [2.05, 4.69) is 0 Å². The largest absolute Gasteiger partial charge is 0.492 e. The molecule has 0 aliphatic carbocycles. The Hall–Kier alpha value is -2.45. The minimum Gasteiger partial charge on any atom is -0.492 e. The van der Waals surface area contributed by atoms with Crippen LogP contribution in [0, 0.1) is 5.82 Å². The maximum absolute atomic E-state index is 12.9. The highest BCUT2D eigenvalue weighted by atomic mass is 32.2. The van der Waals surface area contributed by atoms with Crippen molar-refractivity contribution in [2.75, 3.05) is 26.7 Å². The lowest BCUT2D eigenvalue weighted by Crippen LogP contribution is -2.41. The van der Waals surface area contributed by atoms with Crippen molar-refractivity contribution in [2.24, 2.45) is 0 Å². The number of piperidine rings is 1. The summed E-state index contributed by atoms with van der Waals surface area (Å²) >= 11 is 0. The van der Waals surface area contributed by atoms with Crippen LogP contribution in [0.1, 0.15) is 36.5 Å². The van der Waals surface area contributed by atoms with E-state index in [4.69, 9.17) is 4.74 Å². The molecule has 0 bridgehead atoms. The van der Waals surface area contributed by atoms with Crippen molar-refractivity contribution in [2.45, 2.75) is 37.1 Å². The predicted molar refractivity (Wildman–Crippen MR) is 113 cm³/mol. The summed E-state index contributed by atoms with van der Waals surface area (Å²) in [4.78, 5) is 14.3. The molecule has 3 rings (SSSR count). The summed E-state index contributed by atoms with van der Waals surface area (Å²) in [6.45, 7) is 3.05. The zero-order valence-corrected chi connectivity index (χ0v) is 18.1. The van der Waals surface area contributed by atoms with Crippen molar-refractivity contribution < 1.29 is 22.3 Å². The summed E-state index contributed by atoms with van der Waals surface area (Å²) in [5.41, 5.74) is 0.407. The van der Waals surface area contributed by atoms with E-state index in [0.717, 1.165) is 19.3 Å². The average molecular weight is 435 g/mol. The first kappa shape index (κ1) is 22.2. The third-order valence-corrected chi connectivity index (χ3v) is 7.33. The lowest BCUT2D eigenvalue weighted by Gasteiger charge is -2.32. The van der Waals surface area contributed by atoms with Crippen molar-refractivity contribution in [3.05, 3.63) is 59.9 Å². The van der Waals surface area contributed by atoms with Crippen molar-refractivity contribution in [1.82, 2.24) is 9.21 Å². The van der Waals surface area contributed by atoms with Crippen LogP contribution in [0.4, 0.5) is 4.39 Å². The second-order valence-electron chi connectivity index (χ2n) is 7.51. The molecule has 1 amide bonds. The molecular formula is C22H27FN2O4S. The summed E-state index contributed by atoms with van der Waals surface area (Å²) in [5.74, 6) is -0.0402. The van der Waals surface area contributed by atoms with Crippen molar-refractivity contribution in [3.63, 3.8) is 0 Å². The fourth-order valence-corrected chi connectivity index (χ4v) is 5.19. The van der Waals surface area contributed by atoms with Crippen LogP contribution in [0.15, 0.2) is 53.4 Å². The molecule has 162 valence electrons. The maximum Gasteiger partial charge on any atom is 0.253 e. The van der Waals surface area contributed by atoms with E-state index < -0.39 is 10.0 Å². The Labute approximate surface area is 177 Å². The molecule has 0 N–H and O–H groups in total. The van der Waals surface area contributed by atoms with Gasteiger partial charge in [-0.15, -0.1) is 0 Å². The van der Waals surface area contributed by atoms with Gasteiger partial charge in [-0.1, -0.05) is 6.42 Å². The molecule has 1 heterocycles. The van der Waals surface area contributed by atoms with Gasteiger partial charge in [0.25, 0.3) is 5.91 Å². The van der Waals surface area contributed by atoms with Gasteiger partial charge < -0.3 is 9.64 Å². The number of amides is 1. The predicted octanol–water partition coefficient (Wildman–Crippen LogP) is 3.54. The van der Waals surface area contributed by atoms with Gasteiger partial charge in [-0.2, -0.15) is 4.31 Å². The molecule has 1 saturated heterocycles. The first-order valence-corrected chi connectivity index (χ1v) is 11.5. The summed E-state index contributed by atoms with van der Waals surface area (Å²) in [5, 5.41) is 0. The van der Waals surface area contributed by atoms with Crippen LogP contribution in [0.3, 0.4) is 0 Å². The summed E-state index contributed by atoms with van der Waals surface area (Å²) < 4.78 is 45.8. The highest BCUT2D eigenvalue weighted by molar-refractivity contribution is 7.89. The molecule has 1 aliphatic rings. The Bertz CT molecular complexity index is 962. The first-order chi connectivity index (χ1) is 14.3. The van der Waals surface area contributed by atoms with Gasteiger partial charge in [-0.25, -0.2) is 12.8 Å². The van der Waals surface area contributed by atoms with E-state index in [1.165, 1.54) is 41.3 Å². The van der Waals surface area contributed by atoms with E-state index in [9.17, 15) is 17.6 Å². The third-order valence-electron chi connectivity index (χ3n) is 5.31. The van der Waals surface area contributed by atoms with E-state index in [1.807, 2.05) is 6.92 Å². The highest BCUT2D eigenvalue weighted by Gasteiger charge is 2.31. The quantitative estimate of drug-likeness (QED) is 0.669. The lowest BCUT2D eigenvalue weighted by molar-refractivity contribution is 0.0773. The van der Waals surface area contributed by atoms with Gasteiger partial charge in [-0.05, 0) is 68.3 Å². The van der Waals surface area contributed by atoms with E-state index in [0.29, 0.717) is 24.4 Å². The van der Waals surface area contributed by atoms with Gasteiger partial charge in [0.2, 0.25) is 10.0 Å². The molecule has 30 heavy (non-hydrogen) atoms. The maximum atomic E-state index is 12.9. The molecule has 0 saturated carbocycles. The number of hydrogen-bond donors (Lipinski definition) is 0. The van der Waals surface area contributed by atoms with Crippen LogP contribution in [-0.2, 0) is 10.0 Å². The van der Waals surface area contributed by atoms with E-state index >= 15 is 0 Å². The van der Waals surface area contributed by atoms with Gasteiger partial charge in [0.15, 0.2) is 0 Å². The summed E-state index contributed by atoms with van der Waals surface area (Å²) in [6, 6.07) is 11.7. The number of carbonyl (C=O) groups excluding carboxylic acids is 1. The lowest BCUT2D eigenvalue weighted by atomic mass is 10.1. The van der Waals surface area contributed by atoms with Crippen LogP contribution < -0.4 is 4.74 Å². The highest BCUT2D eigenvalue weighted by Crippen LogP contribution is 2.25. The molecular weight excluding hydrogens is 407 g/mol. The Morgan fingerprint density at radius 1 is 1.13 bits per heavy atom. The van der Waals surface area contributed by atoms with Gasteiger partial charge >= 0.3 is 0 Å². The number of halogens is 1. The van der Waals surface area contributed by atoms with Crippen LogP contribution in [0.2, 0.25) is 0 Å². The summed E-state index contributed by atoms with van der Waals surface area (Å²) in [6.07, 6.45) is 2.77. The second kappa shape index (κ2) is 9.57. The molecule has 6 nitrogen and oxygen atoms in total. The van der Waals surface area contributed by atoms with Crippen LogP contribution in [-0.4, -0.2) is 56.3 Å². The molecule has 2 aromatic carbocycles. The minimum absolute atomic E-state index is 0.0164. The van der Waals surface area contributed by atoms with Gasteiger partial charge in [0, 0.05) is 25.2 Å². The molecule has 0 spiro atoms. The topological polar surface area (TPSA) is 66.9 Å². The SMILES string of the molecule is CC1CCCCN1S(=O)(=O)c1ccc(C(=O)N(C)CCOc2ccc(F)cc2)cc1. The molecule has 1 atom stereocenters. The molecule has 0 aromatic heterocycles. The number of rotatable bonds is 7. The molecule has 1 unspecified atom stereocenters. The number of carbonyl (C=O) groups is 1. The van der Waals surface area contributed by atoms with Crippen LogP contribution in [0.5, 0.6) is 5.75 Å². The van der Waals surface area contributed by atoms with Crippen LogP contribution >= 0.6 is 0 Å². The monoisotopic (exact) mass is 434 g/mol. The number of nitrogens with zero attached hydrogens (tertiary/aromatic N) is 2. The average Bonchev–Trinajstić information content (AvgIpc) is 2.75. The van der Waals surface area contributed by atoms with E-state index in [1.54, 1.807) is 23.5 Å². The molecule has 1 fully saturated rings. The molecule has 2 aromatic rings. The minimum atomic E-state index is -3.56. The third kappa shape index (κ3) is 5.17. The van der Waals surface area contributed by atoms with E-state index in [-0.39, 0.29) is 29.3 Å². The Morgan fingerprint density at radius 2 is 1.80 bits per heavy atom. The zero-order chi connectivity index (χ0) is 21.7. The van der Waals surface area contributed by atoms with Crippen LogP contribution in [0.25, 0.3) is 0 Å². The number of hydrogen-bond acceptors (Lipinski definition) is 4. The number of sulfonamides is 1. The van der Waals surface area contributed by atoms with Crippen molar-refractivity contribution >= 4 is 15.9 Å². The van der Waals surface area contributed by atoms with Gasteiger partial charge in [0.1, 0.15) is 18.2 Å². The summed E-state index contributed by atoms with van der Waals surface area (Å²) in [7, 11) is -1.91. The van der Waals surface area contributed by atoms with Crippen molar-refractivity contribution in [3.8, 4) is 5.75 Å². The normalized spacial score (nSPS) is 17.5. The number of likely N-dealkylation sites (N-methyl/N-ethyl adjacent to an activating group) is 1. The fraction of sp³-hybridized carbons (Fsp3) is 0.409. The Kier molecular flexibility index (Phi) is 7.10. The number of ether oxygens (including phenoxy) is 1. The Morgan fingerprint density at radius 3 is 2.43 bits per heavy atom. The second-order valence-corrected chi connectivity index (χ2v) is 9.40. The smallest absolute Gasteiger partial charge is 0.253 e.